The van der Waals surface area contributed by atoms with Crippen molar-refractivity contribution < 1.29 is 0 Å². The molecule has 2 atom stereocenters. The van der Waals surface area contributed by atoms with E-state index in [1.165, 1.54) is 77.4 Å². The van der Waals surface area contributed by atoms with Crippen molar-refractivity contribution in [2.24, 2.45) is 17.8 Å². The molecular weight excluding hydrogens is 256 g/mol. The summed E-state index contributed by atoms with van der Waals surface area (Å²) < 4.78 is 0. The number of hydrogen-bond donors (Lipinski definition) is 1. The molecule has 2 aliphatic carbocycles. The lowest BCUT2D eigenvalue weighted by Crippen LogP contribution is -2.59. The van der Waals surface area contributed by atoms with Crippen molar-refractivity contribution >= 4 is 0 Å². The van der Waals surface area contributed by atoms with E-state index in [1.807, 2.05) is 0 Å². The van der Waals surface area contributed by atoms with Crippen LogP contribution in [0.5, 0.6) is 0 Å². The van der Waals surface area contributed by atoms with Crippen LogP contribution in [0.4, 0.5) is 0 Å². The first-order valence-electron chi connectivity index (χ1n) is 9.70. The molecule has 1 saturated heterocycles. The predicted octanol–water partition coefficient (Wildman–Crippen LogP) is 4.06. The Kier molecular flexibility index (Phi) is 5.61. The molecule has 2 heteroatoms. The van der Waals surface area contributed by atoms with E-state index in [0.717, 1.165) is 29.8 Å². The van der Waals surface area contributed by atoms with Gasteiger partial charge >= 0.3 is 0 Å². The Labute approximate surface area is 132 Å². The molecule has 3 rings (SSSR count). The molecule has 2 nitrogen and oxygen atoms in total. The molecule has 0 radical (unpaired) electrons. The summed E-state index contributed by atoms with van der Waals surface area (Å²) in [5.74, 6) is 2.86. The molecule has 0 amide bonds. The van der Waals surface area contributed by atoms with E-state index in [2.05, 4.69) is 24.1 Å². The largest absolute Gasteiger partial charge is 0.311 e. The molecule has 1 aliphatic heterocycles. The highest BCUT2D eigenvalue weighted by Crippen LogP contribution is 2.34. The summed E-state index contributed by atoms with van der Waals surface area (Å²) >= 11 is 0. The number of hydrogen-bond acceptors (Lipinski definition) is 2. The topological polar surface area (TPSA) is 15.3 Å². The van der Waals surface area contributed by atoms with Crippen molar-refractivity contribution in [3.8, 4) is 0 Å². The fourth-order valence-corrected chi connectivity index (χ4v) is 4.54. The molecule has 3 aliphatic rings. The average Bonchev–Trinajstić information content (AvgIpc) is 3.31. The normalized spacial score (nSPS) is 32.7. The van der Waals surface area contributed by atoms with E-state index in [0.29, 0.717) is 0 Å². The predicted molar refractivity (Wildman–Crippen MR) is 90.5 cm³/mol. The van der Waals surface area contributed by atoms with E-state index in [4.69, 9.17) is 0 Å². The minimum atomic E-state index is 0.785. The number of nitrogens with one attached hydrogen (secondary N) is 1. The fraction of sp³-hybridized carbons (Fsp3) is 1.00. The van der Waals surface area contributed by atoms with Gasteiger partial charge < -0.3 is 5.32 Å². The lowest BCUT2D eigenvalue weighted by Gasteiger charge is -2.44. The van der Waals surface area contributed by atoms with Gasteiger partial charge in [0.25, 0.3) is 0 Å². The lowest BCUT2D eigenvalue weighted by atomic mass is 9.82. The van der Waals surface area contributed by atoms with Gasteiger partial charge in [-0.2, -0.15) is 0 Å². The van der Waals surface area contributed by atoms with E-state index in [9.17, 15) is 0 Å². The second kappa shape index (κ2) is 7.46. The number of rotatable bonds is 6. The summed E-state index contributed by atoms with van der Waals surface area (Å²) in [6.45, 7) is 8.70. The van der Waals surface area contributed by atoms with Crippen LogP contribution in [0.15, 0.2) is 0 Å². The lowest BCUT2D eigenvalue weighted by molar-refractivity contribution is 0.0822. The Bertz CT molecular complexity index is 305. The third-order valence-corrected chi connectivity index (χ3v) is 6.05. The van der Waals surface area contributed by atoms with Gasteiger partial charge in [0.2, 0.25) is 0 Å². The maximum atomic E-state index is 3.94. The van der Waals surface area contributed by atoms with Gasteiger partial charge in [0.1, 0.15) is 0 Å². The molecule has 2 unspecified atom stereocenters. The smallest absolute Gasteiger partial charge is 0.0224 e. The highest BCUT2D eigenvalue weighted by molar-refractivity contribution is 4.91. The zero-order valence-corrected chi connectivity index (χ0v) is 14.3. The number of piperazine rings is 1. The highest BCUT2D eigenvalue weighted by Gasteiger charge is 2.33. The maximum absolute atomic E-state index is 3.94. The first kappa shape index (κ1) is 15.8. The summed E-state index contributed by atoms with van der Waals surface area (Å²) in [7, 11) is 0. The first-order chi connectivity index (χ1) is 10.2. The number of nitrogens with zero attached hydrogens (tertiary/aromatic N) is 1. The molecule has 0 spiro atoms. The van der Waals surface area contributed by atoms with Crippen molar-refractivity contribution in [2.45, 2.75) is 83.7 Å². The summed E-state index contributed by atoms with van der Waals surface area (Å²) in [5, 5.41) is 3.94. The van der Waals surface area contributed by atoms with Crippen LogP contribution in [-0.2, 0) is 0 Å². The monoisotopic (exact) mass is 292 g/mol. The summed E-state index contributed by atoms with van der Waals surface area (Å²) in [6, 6.07) is 1.58. The van der Waals surface area contributed by atoms with E-state index in [1.54, 1.807) is 0 Å². The molecule has 1 N–H and O–H groups in total. The van der Waals surface area contributed by atoms with Crippen LogP contribution in [0.25, 0.3) is 0 Å². The quantitative estimate of drug-likeness (QED) is 0.794. The zero-order chi connectivity index (χ0) is 14.7. The Balaban J connectivity index is 1.54. The van der Waals surface area contributed by atoms with Gasteiger partial charge in [0, 0.05) is 25.2 Å². The van der Waals surface area contributed by atoms with Gasteiger partial charge in [-0.05, 0) is 50.0 Å². The van der Waals surface area contributed by atoms with Gasteiger partial charge in [0.15, 0.2) is 0 Å². The van der Waals surface area contributed by atoms with Gasteiger partial charge in [-0.1, -0.05) is 46.0 Å². The molecule has 0 aromatic rings. The van der Waals surface area contributed by atoms with E-state index >= 15 is 0 Å². The molecule has 0 aromatic heterocycles. The SMILES string of the molecule is CC(C)CC1CNC(C2CCCCC2)CN1CCC1CC1. The standard InChI is InChI=1S/C19H36N2/c1-15(2)12-18-13-20-19(17-6-4-3-5-7-17)14-21(18)11-10-16-8-9-16/h15-20H,3-14H2,1-2H3. The van der Waals surface area contributed by atoms with E-state index in [-0.39, 0.29) is 0 Å². The average molecular weight is 293 g/mol. The summed E-state index contributed by atoms with van der Waals surface area (Å²) in [5.41, 5.74) is 0. The Hall–Kier alpha value is -0.0800. The Morgan fingerprint density at radius 3 is 2.48 bits per heavy atom. The van der Waals surface area contributed by atoms with Crippen molar-refractivity contribution in [1.29, 1.82) is 0 Å². The van der Waals surface area contributed by atoms with Crippen LogP contribution in [0, 0.1) is 17.8 Å². The zero-order valence-electron chi connectivity index (χ0n) is 14.3. The van der Waals surface area contributed by atoms with Crippen LogP contribution in [0.1, 0.15) is 71.6 Å². The Morgan fingerprint density at radius 2 is 1.81 bits per heavy atom. The van der Waals surface area contributed by atoms with Crippen LogP contribution >= 0.6 is 0 Å². The second-order valence-corrected chi connectivity index (χ2v) is 8.42. The van der Waals surface area contributed by atoms with Gasteiger partial charge in [-0.15, -0.1) is 0 Å². The van der Waals surface area contributed by atoms with Crippen molar-refractivity contribution in [3.63, 3.8) is 0 Å². The molecule has 2 saturated carbocycles. The summed E-state index contributed by atoms with van der Waals surface area (Å²) in [6.07, 6.45) is 13.2. The molecule has 1 heterocycles. The van der Waals surface area contributed by atoms with Crippen LogP contribution in [-0.4, -0.2) is 36.6 Å². The first-order valence-corrected chi connectivity index (χ1v) is 9.70. The van der Waals surface area contributed by atoms with Crippen LogP contribution in [0.3, 0.4) is 0 Å². The molecular formula is C19H36N2. The molecule has 3 fully saturated rings. The van der Waals surface area contributed by atoms with Crippen LogP contribution in [0.2, 0.25) is 0 Å². The molecule has 122 valence electrons. The van der Waals surface area contributed by atoms with Crippen molar-refractivity contribution in [3.05, 3.63) is 0 Å². The maximum Gasteiger partial charge on any atom is 0.0224 e. The third-order valence-electron chi connectivity index (χ3n) is 6.05. The van der Waals surface area contributed by atoms with Gasteiger partial charge in [-0.25, -0.2) is 0 Å². The summed E-state index contributed by atoms with van der Waals surface area (Å²) in [4.78, 5) is 2.87. The molecule has 0 bridgehead atoms. The molecule has 0 aromatic carbocycles. The minimum absolute atomic E-state index is 0.785. The molecule has 21 heavy (non-hydrogen) atoms. The Morgan fingerprint density at radius 1 is 1.05 bits per heavy atom. The van der Waals surface area contributed by atoms with Crippen LogP contribution < -0.4 is 5.32 Å². The fourth-order valence-electron chi connectivity index (χ4n) is 4.54. The second-order valence-electron chi connectivity index (χ2n) is 8.42. The van der Waals surface area contributed by atoms with E-state index < -0.39 is 0 Å². The van der Waals surface area contributed by atoms with Crippen molar-refractivity contribution in [2.75, 3.05) is 19.6 Å². The minimum Gasteiger partial charge on any atom is -0.311 e. The van der Waals surface area contributed by atoms with Gasteiger partial charge in [-0.3, -0.25) is 4.90 Å². The van der Waals surface area contributed by atoms with Gasteiger partial charge in [0.05, 0.1) is 0 Å². The third kappa shape index (κ3) is 4.69. The van der Waals surface area contributed by atoms with Crippen molar-refractivity contribution in [1.82, 2.24) is 10.2 Å². The highest BCUT2D eigenvalue weighted by atomic mass is 15.2.